The van der Waals surface area contributed by atoms with Crippen molar-refractivity contribution in [2.24, 2.45) is 11.8 Å². The van der Waals surface area contributed by atoms with E-state index in [4.69, 9.17) is 4.74 Å². The summed E-state index contributed by atoms with van der Waals surface area (Å²) in [6, 6.07) is 24.9. The highest BCUT2D eigenvalue weighted by Gasteiger charge is 2.66. The van der Waals surface area contributed by atoms with E-state index >= 15 is 0 Å². The van der Waals surface area contributed by atoms with Crippen LogP contribution in [0.1, 0.15) is 41.5 Å². The average Bonchev–Trinajstić information content (AvgIpc) is 3.19. The molecular formula is C32H24O4. The van der Waals surface area contributed by atoms with Gasteiger partial charge in [-0.1, -0.05) is 67.2 Å². The number of rotatable bonds is 3. The highest BCUT2D eigenvalue weighted by Crippen LogP contribution is 2.65. The summed E-state index contributed by atoms with van der Waals surface area (Å²) in [7, 11) is 0. The summed E-state index contributed by atoms with van der Waals surface area (Å²) in [5, 5.41) is 4.30. The predicted molar refractivity (Wildman–Crippen MR) is 138 cm³/mol. The van der Waals surface area contributed by atoms with Crippen molar-refractivity contribution in [2.75, 3.05) is 6.61 Å². The molecule has 4 aromatic rings. The predicted octanol–water partition coefficient (Wildman–Crippen LogP) is 5.63. The molecule has 176 valence electrons. The highest BCUT2D eigenvalue weighted by molar-refractivity contribution is 6.12. The van der Waals surface area contributed by atoms with Gasteiger partial charge in [0.15, 0.2) is 0 Å². The lowest BCUT2D eigenvalue weighted by molar-refractivity contribution is -0.143. The van der Waals surface area contributed by atoms with Crippen molar-refractivity contribution in [3.05, 3.63) is 107 Å². The topological polar surface area (TPSA) is 60.4 Å². The molecule has 2 bridgehead atoms. The lowest BCUT2D eigenvalue weighted by Gasteiger charge is -2.54. The number of esters is 1. The van der Waals surface area contributed by atoms with E-state index < -0.39 is 23.2 Å². The zero-order chi connectivity index (χ0) is 24.8. The van der Waals surface area contributed by atoms with Crippen molar-refractivity contribution >= 4 is 39.1 Å². The summed E-state index contributed by atoms with van der Waals surface area (Å²) in [4.78, 5) is 39.6. The number of carbonyl (C=O) groups excluding carboxylic acids is 3. The molecule has 0 saturated heterocycles. The summed E-state index contributed by atoms with van der Waals surface area (Å²) in [6.07, 6.45) is -0.0664. The van der Waals surface area contributed by atoms with Crippen molar-refractivity contribution in [1.82, 2.24) is 0 Å². The number of fused-ring (bicyclic) bond motifs is 2. The first-order valence-electron chi connectivity index (χ1n) is 12.3. The number of hydrogen-bond acceptors (Lipinski definition) is 4. The van der Waals surface area contributed by atoms with Gasteiger partial charge in [0.1, 0.15) is 18.2 Å². The highest BCUT2D eigenvalue weighted by atomic mass is 16.5. The first kappa shape index (κ1) is 21.3. The van der Waals surface area contributed by atoms with Gasteiger partial charge in [-0.25, -0.2) is 4.79 Å². The number of benzene rings is 4. The molecule has 8 rings (SSSR count). The van der Waals surface area contributed by atoms with Gasteiger partial charge in [0.25, 0.3) is 0 Å². The first-order valence-corrected chi connectivity index (χ1v) is 12.3. The number of hydrogen-bond donors (Lipinski definition) is 0. The van der Waals surface area contributed by atoms with Gasteiger partial charge in [-0.3, -0.25) is 9.59 Å². The molecule has 0 radical (unpaired) electrons. The second-order valence-electron chi connectivity index (χ2n) is 10.5. The van der Waals surface area contributed by atoms with Crippen molar-refractivity contribution in [1.29, 1.82) is 0 Å². The summed E-state index contributed by atoms with van der Waals surface area (Å²) in [5.74, 6) is -1.78. The second-order valence-corrected chi connectivity index (χ2v) is 10.5. The fraction of sp³-hybridized carbons (Fsp3) is 0.219. The van der Waals surface area contributed by atoms with Crippen LogP contribution in [0.25, 0.3) is 21.5 Å². The van der Waals surface area contributed by atoms with E-state index in [9.17, 15) is 14.4 Å². The van der Waals surface area contributed by atoms with Gasteiger partial charge in [0.2, 0.25) is 0 Å². The van der Waals surface area contributed by atoms with E-state index in [-0.39, 0.29) is 30.5 Å². The SMILES string of the molecule is C=C(C)C(=O)OCC12c3cc4ccccc4cc3C(c3cc4ccccc4cc31)C1C(=O)CC(=O)C12. The van der Waals surface area contributed by atoms with Crippen LogP contribution in [-0.2, 0) is 24.5 Å². The van der Waals surface area contributed by atoms with Crippen LogP contribution in [0.15, 0.2) is 84.9 Å². The van der Waals surface area contributed by atoms with Crippen LogP contribution in [0, 0.1) is 11.8 Å². The van der Waals surface area contributed by atoms with Crippen LogP contribution >= 0.6 is 0 Å². The number of ether oxygens (including phenoxy) is 1. The summed E-state index contributed by atoms with van der Waals surface area (Å²) >= 11 is 0. The minimum atomic E-state index is -0.938. The number of carbonyl (C=O) groups is 3. The van der Waals surface area contributed by atoms with E-state index in [1.807, 2.05) is 24.3 Å². The van der Waals surface area contributed by atoms with Gasteiger partial charge in [-0.15, -0.1) is 0 Å². The quantitative estimate of drug-likeness (QED) is 0.220. The normalized spacial score (nSPS) is 25.5. The fourth-order valence-electron chi connectivity index (χ4n) is 7.13. The number of Topliss-reactive ketones (excluding diaryl/α,β-unsaturated/α-hetero) is 2. The third-order valence-corrected chi connectivity index (χ3v) is 8.56. The smallest absolute Gasteiger partial charge is 0.333 e. The van der Waals surface area contributed by atoms with Crippen LogP contribution in [0.4, 0.5) is 0 Å². The summed E-state index contributed by atoms with van der Waals surface area (Å²) < 4.78 is 5.89. The Labute approximate surface area is 208 Å². The number of ketones is 2. The molecule has 0 spiro atoms. The van der Waals surface area contributed by atoms with Crippen LogP contribution in [0.2, 0.25) is 0 Å². The van der Waals surface area contributed by atoms with Gasteiger partial charge in [0, 0.05) is 23.3 Å². The monoisotopic (exact) mass is 472 g/mol. The molecule has 4 aromatic carbocycles. The maximum absolute atomic E-state index is 13.6. The zero-order valence-corrected chi connectivity index (χ0v) is 19.9. The molecule has 0 N–H and O–H groups in total. The molecule has 4 aliphatic carbocycles. The van der Waals surface area contributed by atoms with E-state index in [0.29, 0.717) is 5.57 Å². The van der Waals surface area contributed by atoms with Crippen molar-refractivity contribution in [3.63, 3.8) is 0 Å². The van der Waals surface area contributed by atoms with Gasteiger partial charge in [-0.05, 0) is 62.9 Å². The Balaban J connectivity index is 1.60. The van der Waals surface area contributed by atoms with Gasteiger partial charge in [0.05, 0.1) is 11.8 Å². The molecule has 1 fully saturated rings. The van der Waals surface area contributed by atoms with Crippen LogP contribution < -0.4 is 0 Å². The molecule has 4 aliphatic rings. The lowest BCUT2D eigenvalue weighted by atomic mass is 9.47. The fourth-order valence-corrected chi connectivity index (χ4v) is 7.13. The van der Waals surface area contributed by atoms with E-state index in [1.165, 1.54) is 0 Å². The van der Waals surface area contributed by atoms with Crippen LogP contribution in [0.5, 0.6) is 0 Å². The lowest BCUT2D eigenvalue weighted by Crippen LogP contribution is -2.56. The Morgan fingerprint density at radius 2 is 1.36 bits per heavy atom. The Bertz CT molecular complexity index is 1590. The van der Waals surface area contributed by atoms with E-state index in [2.05, 4.69) is 55.1 Å². The molecule has 0 amide bonds. The molecule has 1 saturated carbocycles. The minimum Gasteiger partial charge on any atom is -0.461 e. The second kappa shape index (κ2) is 7.23. The van der Waals surface area contributed by atoms with E-state index in [1.54, 1.807) is 6.92 Å². The average molecular weight is 473 g/mol. The maximum atomic E-state index is 13.6. The van der Waals surface area contributed by atoms with Gasteiger partial charge < -0.3 is 4.74 Å². The Morgan fingerprint density at radius 1 is 0.861 bits per heavy atom. The van der Waals surface area contributed by atoms with Crippen molar-refractivity contribution in [3.8, 4) is 0 Å². The summed E-state index contributed by atoms with van der Waals surface area (Å²) in [5.41, 5.74) is 3.48. The molecule has 2 atom stereocenters. The summed E-state index contributed by atoms with van der Waals surface area (Å²) in [6.45, 7) is 5.35. The Morgan fingerprint density at radius 3 is 1.86 bits per heavy atom. The molecular weight excluding hydrogens is 448 g/mol. The van der Waals surface area contributed by atoms with Crippen LogP contribution in [-0.4, -0.2) is 24.1 Å². The van der Waals surface area contributed by atoms with Crippen molar-refractivity contribution in [2.45, 2.75) is 24.7 Å². The minimum absolute atomic E-state index is 0.0109. The molecule has 0 heterocycles. The molecule has 36 heavy (non-hydrogen) atoms. The molecule has 4 heteroatoms. The molecule has 4 nitrogen and oxygen atoms in total. The van der Waals surface area contributed by atoms with Gasteiger partial charge >= 0.3 is 5.97 Å². The molecule has 2 unspecified atom stereocenters. The Kier molecular flexibility index (Phi) is 4.27. The Hall–Kier alpha value is -4.05. The third kappa shape index (κ3) is 2.62. The van der Waals surface area contributed by atoms with E-state index in [0.717, 1.165) is 43.8 Å². The third-order valence-electron chi connectivity index (χ3n) is 8.56. The van der Waals surface area contributed by atoms with Crippen molar-refractivity contribution < 1.29 is 19.1 Å². The molecule has 0 aliphatic heterocycles. The van der Waals surface area contributed by atoms with Gasteiger partial charge in [-0.2, -0.15) is 0 Å². The standard InChI is InChI=1S/C32H24O4/c1-17(2)31(35)36-16-32-24-13-20-9-5-3-7-18(20)11-22(24)28(29-26(33)15-27(34)30(29)32)23-12-19-8-4-6-10-21(19)14-25(23)32/h3-14,28-30H,1,15-16H2,2H3. The first-order chi connectivity index (χ1) is 17.4. The largest absolute Gasteiger partial charge is 0.461 e. The zero-order valence-electron chi connectivity index (χ0n) is 19.9. The van der Waals surface area contributed by atoms with Crippen LogP contribution in [0.3, 0.4) is 0 Å². The maximum Gasteiger partial charge on any atom is 0.333 e. The molecule has 0 aromatic heterocycles.